The molecule has 1 fully saturated rings. The van der Waals surface area contributed by atoms with Gasteiger partial charge in [0.15, 0.2) is 0 Å². The summed E-state index contributed by atoms with van der Waals surface area (Å²) in [5.41, 5.74) is 1.98. The van der Waals surface area contributed by atoms with Crippen molar-refractivity contribution in [1.82, 2.24) is 5.32 Å². The van der Waals surface area contributed by atoms with Crippen molar-refractivity contribution in [2.24, 2.45) is 5.92 Å². The number of benzene rings is 2. The lowest BCUT2D eigenvalue weighted by atomic mass is 10.0. The van der Waals surface area contributed by atoms with Gasteiger partial charge in [0.1, 0.15) is 5.75 Å². The molecule has 0 saturated heterocycles. The van der Waals surface area contributed by atoms with Gasteiger partial charge in [0, 0.05) is 5.02 Å². The first kappa shape index (κ1) is 15.9. The van der Waals surface area contributed by atoms with Crippen LogP contribution in [0.15, 0.2) is 48.5 Å². The third-order valence-electron chi connectivity index (χ3n) is 4.19. The number of rotatable bonds is 6. The third kappa shape index (κ3) is 4.05. The highest BCUT2D eigenvalue weighted by molar-refractivity contribution is 6.31. The van der Waals surface area contributed by atoms with Crippen molar-refractivity contribution in [3.63, 3.8) is 0 Å². The number of halogens is 1. The quantitative estimate of drug-likeness (QED) is 0.864. The maximum absolute atomic E-state index is 12.4. The Bertz CT molecular complexity index is 680. The number of carbonyl (C=O) groups is 1. The van der Waals surface area contributed by atoms with Gasteiger partial charge in [-0.15, -0.1) is 0 Å². The van der Waals surface area contributed by atoms with E-state index < -0.39 is 0 Å². The number of amides is 1. The van der Waals surface area contributed by atoms with Crippen LogP contribution in [0.4, 0.5) is 0 Å². The minimum absolute atomic E-state index is 0.00539. The number of ether oxygens (including phenoxy) is 1. The smallest absolute Gasteiger partial charge is 0.224 e. The van der Waals surface area contributed by atoms with Gasteiger partial charge >= 0.3 is 0 Å². The molecule has 1 saturated carbocycles. The van der Waals surface area contributed by atoms with Crippen LogP contribution in [-0.4, -0.2) is 13.0 Å². The molecule has 23 heavy (non-hydrogen) atoms. The number of carbonyl (C=O) groups excluding carboxylic acids is 1. The highest BCUT2D eigenvalue weighted by atomic mass is 35.5. The van der Waals surface area contributed by atoms with Crippen LogP contribution >= 0.6 is 11.6 Å². The van der Waals surface area contributed by atoms with Gasteiger partial charge in [-0.1, -0.05) is 41.9 Å². The lowest BCUT2D eigenvalue weighted by Gasteiger charge is -2.19. The molecule has 0 spiro atoms. The number of hydrogen-bond donors (Lipinski definition) is 1. The Morgan fingerprint density at radius 2 is 1.91 bits per heavy atom. The molecule has 1 atom stereocenters. The second-order valence-corrected chi connectivity index (χ2v) is 6.33. The average molecular weight is 330 g/mol. The minimum Gasteiger partial charge on any atom is -0.497 e. The van der Waals surface area contributed by atoms with Crippen LogP contribution in [0.25, 0.3) is 0 Å². The van der Waals surface area contributed by atoms with E-state index in [0.717, 1.165) is 29.7 Å². The SMILES string of the molecule is COc1ccc(C(NC(=O)Cc2ccccc2Cl)C2CC2)cc1. The summed E-state index contributed by atoms with van der Waals surface area (Å²) in [6, 6.07) is 15.5. The van der Waals surface area contributed by atoms with E-state index in [2.05, 4.69) is 5.32 Å². The number of hydrogen-bond acceptors (Lipinski definition) is 2. The van der Waals surface area contributed by atoms with Gasteiger partial charge in [-0.25, -0.2) is 0 Å². The molecule has 0 heterocycles. The summed E-state index contributed by atoms with van der Waals surface area (Å²) in [5.74, 6) is 1.36. The van der Waals surface area contributed by atoms with Gasteiger partial charge in [-0.2, -0.15) is 0 Å². The van der Waals surface area contributed by atoms with Crippen molar-refractivity contribution in [1.29, 1.82) is 0 Å². The van der Waals surface area contributed by atoms with Gasteiger partial charge in [-0.3, -0.25) is 4.79 Å². The van der Waals surface area contributed by atoms with E-state index >= 15 is 0 Å². The Morgan fingerprint density at radius 3 is 2.52 bits per heavy atom. The molecule has 3 nitrogen and oxygen atoms in total. The van der Waals surface area contributed by atoms with E-state index in [1.54, 1.807) is 7.11 Å². The molecule has 1 amide bonds. The van der Waals surface area contributed by atoms with Crippen LogP contribution in [0, 0.1) is 5.92 Å². The number of nitrogens with one attached hydrogen (secondary N) is 1. The first-order chi connectivity index (χ1) is 11.2. The second kappa shape index (κ2) is 7.05. The maximum Gasteiger partial charge on any atom is 0.224 e. The van der Waals surface area contributed by atoms with Crippen molar-refractivity contribution in [2.75, 3.05) is 7.11 Å². The fraction of sp³-hybridized carbons (Fsp3) is 0.316. The fourth-order valence-corrected chi connectivity index (χ4v) is 2.96. The Morgan fingerprint density at radius 1 is 1.22 bits per heavy atom. The monoisotopic (exact) mass is 329 g/mol. The molecule has 2 aromatic carbocycles. The van der Waals surface area contributed by atoms with Crippen molar-refractivity contribution in [2.45, 2.75) is 25.3 Å². The van der Waals surface area contributed by atoms with Crippen LogP contribution in [0.5, 0.6) is 5.75 Å². The molecule has 4 heteroatoms. The Kier molecular flexibility index (Phi) is 4.87. The van der Waals surface area contributed by atoms with Gasteiger partial charge in [0.25, 0.3) is 0 Å². The lowest BCUT2D eigenvalue weighted by molar-refractivity contribution is -0.121. The van der Waals surface area contributed by atoms with Crippen molar-refractivity contribution < 1.29 is 9.53 Å². The van der Waals surface area contributed by atoms with E-state index in [0.29, 0.717) is 17.4 Å². The molecule has 0 radical (unpaired) electrons. The second-order valence-electron chi connectivity index (χ2n) is 5.92. The van der Waals surface area contributed by atoms with E-state index in [1.165, 1.54) is 0 Å². The number of methoxy groups -OCH3 is 1. The Balaban J connectivity index is 1.69. The first-order valence-electron chi connectivity index (χ1n) is 7.84. The molecule has 3 rings (SSSR count). The van der Waals surface area contributed by atoms with Gasteiger partial charge in [-0.05, 0) is 48.1 Å². The predicted octanol–water partition coefficient (Wildman–Crippen LogP) is 4.16. The standard InChI is InChI=1S/C19H20ClNO2/c1-23-16-10-8-14(9-11-16)19(13-6-7-13)21-18(22)12-15-4-2-3-5-17(15)20/h2-5,8-11,13,19H,6-7,12H2,1H3,(H,21,22). The fourth-order valence-electron chi connectivity index (χ4n) is 2.75. The largest absolute Gasteiger partial charge is 0.497 e. The van der Waals surface area contributed by atoms with Crippen LogP contribution in [0.1, 0.15) is 30.0 Å². The third-order valence-corrected chi connectivity index (χ3v) is 4.56. The Hall–Kier alpha value is -2.00. The summed E-state index contributed by atoms with van der Waals surface area (Å²) in [7, 11) is 1.65. The van der Waals surface area contributed by atoms with Gasteiger partial charge in [0.05, 0.1) is 19.6 Å². The maximum atomic E-state index is 12.4. The average Bonchev–Trinajstić information content (AvgIpc) is 3.40. The molecule has 1 aliphatic rings. The van der Waals surface area contributed by atoms with Crippen LogP contribution in [-0.2, 0) is 11.2 Å². The predicted molar refractivity (Wildman–Crippen MR) is 91.8 cm³/mol. The van der Waals surface area contributed by atoms with Crippen molar-refractivity contribution in [3.8, 4) is 5.75 Å². The molecule has 1 aliphatic carbocycles. The summed E-state index contributed by atoms with van der Waals surface area (Å²) >= 11 is 6.14. The Labute approximate surface area is 141 Å². The van der Waals surface area contributed by atoms with Crippen LogP contribution in [0.3, 0.4) is 0 Å². The molecule has 0 bridgehead atoms. The summed E-state index contributed by atoms with van der Waals surface area (Å²) < 4.78 is 5.20. The van der Waals surface area contributed by atoms with E-state index in [4.69, 9.17) is 16.3 Å². The molecule has 1 N–H and O–H groups in total. The highest BCUT2D eigenvalue weighted by Gasteiger charge is 2.33. The summed E-state index contributed by atoms with van der Waals surface area (Å²) in [5, 5.41) is 3.80. The molecule has 120 valence electrons. The molecule has 0 aromatic heterocycles. The molecule has 2 aromatic rings. The zero-order valence-electron chi connectivity index (χ0n) is 13.1. The summed E-state index contributed by atoms with van der Waals surface area (Å²) in [4.78, 5) is 12.4. The van der Waals surface area contributed by atoms with Crippen LogP contribution < -0.4 is 10.1 Å². The van der Waals surface area contributed by atoms with Crippen molar-refractivity contribution in [3.05, 3.63) is 64.7 Å². The summed E-state index contributed by atoms with van der Waals surface area (Å²) in [6.07, 6.45) is 2.62. The van der Waals surface area contributed by atoms with Gasteiger partial charge < -0.3 is 10.1 Å². The first-order valence-corrected chi connectivity index (χ1v) is 8.22. The topological polar surface area (TPSA) is 38.3 Å². The van der Waals surface area contributed by atoms with E-state index in [1.807, 2.05) is 48.5 Å². The van der Waals surface area contributed by atoms with Crippen LogP contribution in [0.2, 0.25) is 5.02 Å². The molecule has 1 unspecified atom stereocenters. The molecular weight excluding hydrogens is 310 g/mol. The minimum atomic E-state index is 0.00539. The normalized spacial score (nSPS) is 15.0. The van der Waals surface area contributed by atoms with Gasteiger partial charge in [0.2, 0.25) is 5.91 Å². The lowest BCUT2D eigenvalue weighted by Crippen LogP contribution is -2.31. The zero-order valence-corrected chi connectivity index (χ0v) is 13.8. The van der Waals surface area contributed by atoms with E-state index in [-0.39, 0.29) is 11.9 Å². The summed E-state index contributed by atoms with van der Waals surface area (Å²) in [6.45, 7) is 0. The molecule has 0 aliphatic heterocycles. The van der Waals surface area contributed by atoms with E-state index in [9.17, 15) is 4.79 Å². The molecular formula is C19H20ClNO2. The zero-order chi connectivity index (χ0) is 16.2. The highest BCUT2D eigenvalue weighted by Crippen LogP contribution is 2.41. The van der Waals surface area contributed by atoms with Crippen molar-refractivity contribution >= 4 is 17.5 Å².